The van der Waals surface area contributed by atoms with Crippen LogP contribution >= 0.6 is 11.3 Å². The van der Waals surface area contributed by atoms with Crippen LogP contribution in [0.2, 0.25) is 0 Å². The van der Waals surface area contributed by atoms with Gasteiger partial charge < -0.3 is 5.73 Å². The fourth-order valence-electron chi connectivity index (χ4n) is 2.90. The van der Waals surface area contributed by atoms with Gasteiger partial charge in [0.2, 0.25) is 0 Å². The molecular formula is C13H23N3O2S2. The molecule has 0 aliphatic heterocycles. The largest absolute Gasteiger partial charge is 0.375 e. The Bertz CT molecular complexity index is 546. The molecule has 2 rings (SSSR count). The molecule has 1 aromatic rings. The summed E-state index contributed by atoms with van der Waals surface area (Å²) >= 11 is 1.03. The molecule has 1 aliphatic rings. The number of sulfonamides is 1. The maximum atomic E-state index is 12.3. The third kappa shape index (κ3) is 3.71. The molecule has 0 bridgehead atoms. The van der Waals surface area contributed by atoms with Crippen LogP contribution in [0.15, 0.2) is 4.21 Å². The van der Waals surface area contributed by atoms with Gasteiger partial charge in [-0.05, 0) is 38.5 Å². The molecular weight excluding hydrogens is 294 g/mol. The minimum absolute atomic E-state index is 0.0517. The lowest BCUT2D eigenvalue weighted by Gasteiger charge is -2.28. The topological polar surface area (TPSA) is 85.1 Å². The summed E-state index contributed by atoms with van der Waals surface area (Å²) in [7, 11) is -3.47. The van der Waals surface area contributed by atoms with E-state index < -0.39 is 10.0 Å². The highest BCUT2D eigenvalue weighted by atomic mass is 32.2. The molecule has 1 aliphatic carbocycles. The van der Waals surface area contributed by atoms with Crippen molar-refractivity contribution >= 4 is 26.5 Å². The first kappa shape index (κ1) is 15.7. The first-order chi connectivity index (χ1) is 9.42. The first-order valence-corrected chi connectivity index (χ1v) is 9.47. The van der Waals surface area contributed by atoms with Gasteiger partial charge in [0, 0.05) is 6.04 Å². The molecule has 1 aromatic heterocycles. The summed E-state index contributed by atoms with van der Waals surface area (Å²) in [4.78, 5) is 3.98. The molecule has 5 nitrogen and oxygen atoms in total. The third-order valence-electron chi connectivity index (χ3n) is 3.88. The van der Waals surface area contributed by atoms with Crippen molar-refractivity contribution in [2.24, 2.45) is 5.92 Å². The summed E-state index contributed by atoms with van der Waals surface area (Å²) in [5.74, 6) is 0.765. The smallest absolute Gasteiger partial charge is 0.252 e. The van der Waals surface area contributed by atoms with Gasteiger partial charge in [0.25, 0.3) is 10.0 Å². The molecule has 114 valence electrons. The predicted octanol–water partition coefficient (Wildman–Crippen LogP) is 2.67. The Labute approximate surface area is 125 Å². The fraction of sp³-hybridized carbons (Fsp3) is 0.769. The molecule has 1 fully saturated rings. The molecule has 0 unspecified atom stereocenters. The van der Waals surface area contributed by atoms with Crippen LogP contribution in [0.4, 0.5) is 5.13 Å². The Morgan fingerprint density at radius 3 is 2.50 bits per heavy atom. The van der Waals surface area contributed by atoms with Gasteiger partial charge >= 0.3 is 0 Å². The van der Waals surface area contributed by atoms with E-state index in [1.165, 1.54) is 12.8 Å². The van der Waals surface area contributed by atoms with Crippen molar-refractivity contribution in [1.82, 2.24) is 9.71 Å². The van der Waals surface area contributed by atoms with E-state index in [0.717, 1.165) is 42.9 Å². The molecule has 7 heteroatoms. The second-order valence-corrected chi connectivity index (χ2v) is 8.49. The normalized spacial score (nSPS) is 23.9. The average molecular weight is 317 g/mol. The summed E-state index contributed by atoms with van der Waals surface area (Å²) in [6, 6.07) is 0.0517. The van der Waals surface area contributed by atoms with E-state index in [1.807, 2.05) is 0 Å². The zero-order valence-corrected chi connectivity index (χ0v) is 13.7. The molecule has 20 heavy (non-hydrogen) atoms. The van der Waals surface area contributed by atoms with E-state index in [-0.39, 0.29) is 10.3 Å². The number of nitrogens with one attached hydrogen (secondary N) is 1. The molecule has 1 saturated carbocycles. The number of aryl methyl sites for hydroxylation is 1. The van der Waals surface area contributed by atoms with Gasteiger partial charge in [-0.3, -0.25) is 0 Å². The Balaban J connectivity index is 1.98. The minimum Gasteiger partial charge on any atom is -0.375 e. The molecule has 0 spiro atoms. The molecule has 0 atom stereocenters. The lowest BCUT2D eigenvalue weighted by atomic mass is 9.84. The standard InChI is InChI=1S/C13H23N3O2S2/c1-3-4-10-5-7-11(8-6-10)16-20(17,18)12-9(2)15-13(14)19-12/h10-11,16H,3-8H2,1-2H3,(H2,14,15). The number of nitrogens with two attached hydrogens (primary N) is 1. The summed E-state index contributed by atoms with van der Waals surface area (Å²) in [5.41, 5.74) is 6.06. The van der Waals surface area contributed by atoms with E-state index >= 15 is 0 Å². The third-order valence-corrected chi connectivity index (χ3v) is 7.00. The zero-order chi connectivity index (χ0) is 14.8. The van der Waals surface area contributed by atoms with E-state index in [2.05, 4.69) is 16.6 Å². The van der Waals surface area contributed by atoms with Gasteiger partial charge in [0.1, 0.15) is 0 Å². The Hall–Kier alpha value is -0.660. The molecule has 1 heterocycles. The lowest BCUT2D eigenvalue weighted by molar-refractivity contribution is 0.297. The zero-order valence-electron chi connectivity index (χ0n) is 12.1. The van der Waals surface area contributed by atoms with Gasteiger partial charge in [0.15, 0.2) is 9.34 Å². The summed E-state index contributed by atoms with van der Waals surface area (Å²) in [6.07, 6.45) is 6.55. The monoisotopic (exact) mass is 317 g/mol. The summed E-state index contributed by atoms with van der Waals surface area (Å²) in [6.45, 7) is 3.88. The van der Waals surface area contributed by atoms with Crippen LogP contribution in [-0.4, -0.2) is 19.4 Å². The quantitative estimate of drug-likeness (QED) is 0.874. The second kappa shape index (κ2) is 6.41. The van der Waals surface area contributed by atoms with Crippen molar-refractivity contribution in [3.05, 3.63) is 5.69 Å². The maximum Gasteiger partial charge on any atom is 0.252 e. The molecule has 0 aromatic carbocycles. The Kier molecular flexibility index (Phi) is 5.04. The van der Waals surface area contributed by atoms with E-state index in [0.29, 0.717) is 10.8 Å². The van der Waals surface area contributed by atoms with Gasteiger partial charge in [-0.2, -0.15) is 0 Å². The summed E-state index contributed by atoms with van der Waals surface area (Å²) in [5, 5.41) is 0.300. The maximum absolute atomic E-state index is 12.3. The average Bonchev–Trinajstić information content (AvgIpc) is 2.72. The number of rotatable bonds is 5. The molecule has 0 saturated heterocycles. The highest BCUT2D eigenvalue weighted by Crippen LogP contribution is 2.30. The van der Waals surface area contributed by atoms with Crippen LogP contribution in [0.3, 0.4) is 0 Å². The molecule has 0 amide bonds. The van der Waals surface area contributed by atoms with E-state index in [9.17, 15) is 8.42 Å². The minimum atomic E-state index is -3.47. The SMILES string of the molecule is CCCC1CCC(NS(=O)(=O)c2sc(N)nc2C)CC1. The number of nitrogen functional groups attached to an aromatic ring is 1. The van der Waals surface area contributed by atoms with E-state index in [1.54, 1.807) is 6.92 Å². The molecule has 3 N–H and O–H groups in total. The number of anilines is 1. The van der Waals surface area contributed by atoms with Crippen molar-refractivity contribution in [1.29, 1.82) is 0 Å². The van der Waals surface area contributed by atoms with Crippen molar-refractivity contribution in [3.8, 4) is 0 Å². The predicted molar refractivity (Wildman–Crippen MR) is 82.2 cm³/mol. The van der Waals surface area contributed by atoms with Crippen LogP contribution < -0.4 is 10.5 Å². The van der Waals surface area contributed by atoms with Crippen LogP contribution in [0, 0.1) is 12.8 Å². The van der Waals surface area contributed by atoms with Crippen LogP contribution in [0.1, 0.15) is 51.1 Å². The van der Waals surface area contributed by atoms with Crippen LogP contribution in [0.25, 0.3) is 0 Å². The van der Waals surface area contributed by atoms with Crippen molar-refractivity contribution in [3.63, 3.8) is 0 Å². The van der Waals surface area contributed by atoms with Crippen LogP contribution in [0.5, 0.6) is 0 Å². The highest BCUT2D eigenvalue weighted by Gasteiger charge is 2.27. The number of nitrogens with zero attached hydrogens (tertiary/aromatic N) is 1. The lowest BCUT2D eigenvalue weighted by Crippen LogP contribution is -2.37. The van der Waals surface area contributed by atoms with E-state index in [4.69, 9.17) is 5.73 Å². The number of aromatic nitrogens is 1. The van der Waals surface area contributed by atoms with Gasteiger partial charge in [-0.25, -0.2) is 18.1 Å². The number of hydrogen-bond donors (Lipinski definition) is 2. The number of hydrogen-bond acceptors (Lipinski definition) is 5. The fourth-order valence-corrected chi connectivity index (χ4v) is 5.52. The molecule has 0 radical (unpaired) electrons. The second-order valence-electron chi connectivity index (χ2n) is 5.55. The van der Waals surface area contributed by atoms with Crippen molar-refractivity contribution in [2.45, 2.75) is 62.6 Å². The Morgan fingerprint density at radius 2 is 2.00 bits per heavy atom. The van der Waals surface area contributed by atoms with Crippen molar-refractivity contribution < 1.29 is 8.42 Å². The first-order valence-electron chi connectivity index (χ1n) is 7.17. The van der Waals surface area contributed by atoms with Crippen LogP contribution in [-0.2, 0) is 10.0 Å². The number of thiazole rings is 1. The van der Waals surface area contributed by atoms with Gasteiger partial charge in [-0.15, -0.1) is 0 Å². The van der Waals surface area contributed by atoms with Gasteiger partial charge in [-0.1, -0.05) is 31.1 Å². The Morgan fingerprint density at radius 1 is 1.35 bits per heavy atom. The summed E-state index contributed by atoms with van der Waals surface area (Å²) < 4.78 is 27.8. The van der Waals surface area contributed by atoms with Crippen molar-refractivity contribution in [2.75, 3.05) is 5.73 Å². The highest BCUT2D eigenvalue weighted by molar-refractivity contribution is 7.91. The van der Waals surface area contributed by atoms with Gasteiger partial charge in [0.05, 0.1) is 5.69 Å².